The number of esters is 1. The highest BCUT2D eigenvalue weighted by atomic mass is 32.1. The second-order valence-corrected chi connectivity index (χ2v) is 4.99. The minimum Gasteiger partial charge on any atom is -0.460 e. The van der Waals surface area contributed by atoms with Gasteiger partial charge in [0.1, 0.15) is 5.69 Å². The van der Waals surface area contributed by atoms with Crippen LogP contribution in [0.4, 0.5) is 0 Å². The van der Waals surface area contributed by atoms with Gasteiger partial charge in [0.25, 0.3) is 5.82 Å². The first kappa shape index (κ1) is 13.4. The number of ether oxygens (including phenoxy) is 1. The molecule has 0 bridgehead atoms. The molecule has 9 heteroatoms. The first-order valence-corrected chi connectivity index (χ1v) is 7.08. The lowest BCUT2D eigenvalue weighted by atomic mass is 10.3. The Labute approximate surface area is 123 Å². The van der Waals surface area contributed by atoms with Crippen molar-refractivity contribution >= 4 is 17.3 Å². The normalized spacial score (nSPS) is 10.7. The van der Waals surface area contributed by atoms with Gasteiger partial charge in [0.15, 0.2) is 5.76 Å². The molecule has 0 aliphatic heterocycles. The number of carbonyl (C=O) groups excluding carboxylic acids is 1. The Kier molecular flexibility index (Phi) is 3.73. The van der Waals surface area contributed by atoms with Crippen LogP contribution in [0.2, 0.25) is 0 Å². The smallest absolute Gasteiger partial charge is 0.378 e. The molecule has 0 aliphatic rings. The SMILES string of the molecule is CCOC(=O)c1nnnn1Cc1cc(-c2cccs2)on1. The van der Waals surface area contributed by atoms with Gasteiger partial charge >= 0.3 is 5.97 Å². The second kappa shape index (κ2) is 5.83. The quantitative estimate of drug-likeness (QED) is 0.661. The van der Waals surface area contributed by atoms with Gasteiger partial charge in [0.2, 0.25) is 0 Å². The molecule has 3 aromatic rings. The molecule has 21 heavy (non-hydrogen) atoms. The lowest BCUT2D eigenvalue weighted by molar-refractivity contribution is 0.0505. The fourth-order valence-electron chi connectivity index (χ4n) is 1.73. The predicted octanol–water partition coefficient (Wildman–Crippen LogP) is 1.61. The molecule has 0 saturated carbocycles. The number of rotatable bonds is 5. The van der Waals surface area contributed by atoms with E-state index in [-0.39, 0.29) is 19.0 Å². The van der Waals surface area contributed by atoms with Crippen molar-refractivity contribution in [1.29, 1.82) is 0 Å². The average molecular weight is 305 g/mol. The monoisotopic (exact) mass is 305 g/mol. The Balaban J connectivity index is 1.79. The molecule has 3 aromatic heterocycles. The summed E-state index contributed by atoms with van der Waals surface area (Å²) < 4.78 is 11.5. The summed E-state index contributed by atoms with van der Waals surface area (Å²) in [6.07, 6.45) is 0. The van der Waals surface area contributed by atoms with Gasteiger partial charge in [-0.05, 0) is 28.8 Å². The summed E-state index contributed by atoms with van der Waals surface area (Å²) in [6, 6.07) is 5.67. The number of hydrogen-bond donors (Lipinski definition) is 0. The van der Waals surface area contributed by atoms with Gasteiger partial charge in [0.05, 0.1) is 18.0 Å². The van der Waals surface area contributed by atoms with E-state index in [0.29, 0.717) is 11.5 Å². The van der Waals surface area contributed by atoms with Crippen molar-refractivity contribution in [2.24, 2.45) is 0 Å². The first-order valence-electron chi connectivity index (χ1n) is 6.20. The van der Waals surface area contributed by atoms with Crippen LogP contribution in [0.15, 0.2) is 28.1 Å². The minimum atomic E-state index is -0.565. The van der Waals surface area contributed by atoms with Crippen molar-refractivity contribution in [2.45, 2.75) is 13.5 Å². The number of tetrazole rings is 1. The van der Waals surface area contributed by atoms with Crippen LogP contribution in [0.1, 0.15) is 23.2 Å². The average Bonchev–Trinajstić information content (AvgIpc) is 3.20. The zero-order chi connectivity index (χ0) is 14.7. The van der Waals surface area contributed by atoms with Gasteiger partial charge in [-0.2, -0.15) is 0 Å². The zero-order valence-electron chi connectivity index (χ0n) is 11.1. The third-order valence-electron chi connectivity index (χ3n) is 2.62. The Morgan fingerprint density at radius 1 is 1.52 bits per heavy atom. The van der Waals surface area contributed by atoms with E-state index < -0.39 is 5.97 Å². The van der Waals surface area contributed by atoms with Crippen molar-refractivity contribution in [3.8, 4) is 10.6 Å². The Hall–Kier alpha value is -2.55. The van der Waals surface area contributed by atoms with Crippen LogP contribution in [-0.4, -0.2) is 37.9 Å². The minimum absolute atomic E-state index is 0.0394. The summed E-state index contributed by atoms with van der Waals surface area (Å²) in [6.45, 7) is 2.21. The Bertz CT molecular complexity index is 734. The number of thiophene rings is 1. The second-order valence-electron chi connectivity index (χ2n) is 4.04. The third kappa shape index (κ3) is 2.82. The molecule has 8 nitrogen and oxygen atoms in total. The molecule has 0 unspecified atom stereocenters. The number of nitrogens with zero attached hydrogens (tertiary/aromatic N) is 5. The van der Waals surface area contributed by atoms with E-state index in [2.05, 4.69) is 20.7 Å². The highest BCUT2D eigenvalue weighted by Gasteiger charge is 2.18. The lowest BCUT2D eigenvalue weighted by Crippen LogP contribution is -2.15. The topological polar surface area (TPSA) is 95.9 Å². The van der Waals surface area contributed by atoms with Crippen molar-refractivity contribution in [2.75, 3.05) is 6.61 Å². The third-order valence-corrected chi connectivity index (χ3v) is 3.51. The van der Waals surface area contributed by atoms with Crippen LogP contribution in [0.3, 0.4) is 0 Å². The molecular weight excluding hydrogens is 294 g/mol. The molecule has 0 N–H and O–H groups in total. The summed E-state index contributed by atoms with van der Waals surface area (Å²) in [4.78, 5) is 12.7. The summed E-state index contributed by atoms with van der Waals surface area (Å²) in [5.41, 5.74) is 0.622. The van der Waals surface area contributed by atoms with Crippen LogP contribution in [0.5, 0.6) is 0 Å². The fourth-order valence-corrected chi connectivity index (χ4v) is 2.40. The zero-order valence-corrected chi connectivity index (χ0v) is 11.9. The van der Waals surface area contributed by atoms with Crippen LogP contribution in [-0.2, 0) is 11.3 Å². The number of aromatic nitrogens is 5. The molecule has 0 radical (unpaired) electrons. The molecule has 108 valence electrons. The highest BCUT2D eigenvalue weighted by Crippen LogP contribution is 2.25. The van der Waals surface area contributed by atoms with E-state index in [1.165, 1.54) is 4.68 Å². The van der Waals surface area contributed by atoms with Crippen LogP contribution in [0.25, 0.3) is 10.6 Å². The van der Waals surface area contributed by atoms with Gasteiger partial charge in [0, 0.05) is 6.07 Å². The highest BCUT2D eigenvalue weighted by molar-refractivity contribution is 7.13. The largest absolute Gasteiger partial charge is 0.460 e. The molecule has 0 atom stereocenters. The van der Waals surface area contributed by atoms with E-state index in [0.717, 1.165) is 4.88 Å². The van der Waals surface area contributed by atoms with Gasteiger partial charge in [-0.1, -0.05) is 11.2 Å². The van der Waals surface area contributed by atoms with Gasteiger partial charge in [-0.15, -0.1) is 16.4 Å². The summed E-state index contributed by atoms with van der Waals surface area (Å²) in [5.74, 6) is 0.146. The van der Waals surface area contributed by atoms with Gasteiger partial charge in [-0.3, -0.25) is 0 Å². The molecule has 0 fully saturated rings. The molecule has 0 aliphatic carbocycles. The van der Waals surface area contributed by atoms with E-state index >= 15 is 0 Å². The van der Waals surface area contributed by atoms with Crippen LogP contribution < -0.4 is 0 Å². The number of carbonyl (C=O) groups is 1. The van der Waals surface area contributed by atoms with E-state index in [1.807, 2.05) is 17.5 Å². The molecule has 0 spiro atoms. The Morgan fingerprint density at radius 2 is 2.43 bits per heavy atom. The van der Waals surface area contributed by atoms with E-state index in [1.54, 1.807) is 24.3 Å². The summed E-state index contributed by atoms with van der Waals surface area (Å²) in [7, 11) is 0. The first-order chi connectivity index (χ1) is 10.3. The number of hydrogen-bond acceptors (Lipinski definition) is 8. The molecular formula is C12H11N5O3S. The standard InChI is InChI=1S/C12H11N5O3S/c1-2-19-12(18)11-13-15-16-17(11)7-8-6-9(20-14-8)10-4-3-5-21-10/h3-6H,2,7H2,1H3. The maximum atomic E-state index is 11.7. The van der Waals surface area contributed by atoms with E-state index in [4.69, 9.17) is 9.26 Å². The molecule has 0 saturated heterocycles. The lowest BCUT2D eigenvalue weighted by Gasteiger charge is -2.01. The fraction of sp³-hybridized carbons (Fsp3) is 0.250. The van der Waals surface area contributed by atoms with Crippen molar-refractivity contribution in [3.63, 3.8) is 0 Å². The molecule has 3 heterocycles. The van der Waals surface area contributed by atoms with Crippen molar-refractivity contribution in [1.82, 2.24) is 25.4 Å². The predicted molar refractivity (Wildman–Crippen MR) is 72.7 cm³/mol. The molecule has 0 aromatic carbocycles. The van der Waals surface area contributed by atoms with Crippen molar-refractivity contribution in [3.05, 3.63) is 35.1 Å². The molecule has 3 rings (SSSR count). The Morgan fingerprint density at radius 3 is 3.19 bits per heavy atom. The maximum Gasteiger partial charge on any atom is 0.378 e. The van der Waals surface area contributed by atoms with Crippen LogP contribution in [0, 0.1) is 0 Å². The molecule has 0 amide bonds. The van der Waals surface area contributed by atoms with Crippen LogP contribution >= 0.6 is 11.3 Å². The van der Waals surface area contributed by atoms with Gasteiger partial charge < -0.3 is 9.26 Å². The van der Waals surface area contributed by atoms with E-state index in [9.17, 15) is 4.79 Å². The summed E-state index contributed by atoms with van der Waals surface area (Å²) in [5, 5.41) is 16.8. The van der Waals surface area contributed by atoms with Gasteiger partial charge in [-0.25, -0.2) is 9.48 Å². The maximum absolute atomic E-state index is 11.7. The summed E-state index contributed by atoms with van der Waals surface area (Å²) >= 11 is 1.56. The van der Waals surface area contributed by atoms with Crippen molar-refractivity contribution < 1.29 is 14.1 Å².